The van der Waals surface area contributed by atoms with Crippen molar-refractivity contribution in [3.8, 4) is 0 Å². The van der Waals surface area contributed by atoms with Gasteiger partial charge in [-0.2, -0.15) is 0 Å². The molecule has 4 heteroatoms. The van der Waals surface area contributed by atoms with Crippen LogP contribution in [0, 0.1) is 0 Å². The molecule has 2 nitrogen and oxygen atoms in total. The molecule has 1 rings (SSSR count). The maximum atomic E-state index is 8.64. The molecule has 0 fully saturated rings. The van der Waals surface area contributed by atoms with Gasteiger partial charge in [0.25, 0.3) is 0 Å². The summed E-state index contributed by atoms with van der Waals surface area (Å²) >= 11 is 7.10. The maximum absolute atomic E-state index is 8.64. The summed E-state index contributed by atoms with van der Waals surface area (Å²) in [6.45, 7) is -0.0309. The smallest absolute Gasteiger partial charge is 0.0632 e. The second-order valence-electron chi connectivity index (χ2n) is 1.96. The highest BCUT2D eigenvalue weighted by atomic mass is 35.5. The topological polar surface area (TPSA) is 46.2 Å². The molecule has 0 aliphatic heterocycles. The standard InChI is InChI=1S/C6H8ClNOS/c7-4-1-6(10-3-4)5(8)2-9/h1,3,5,9H,2,8H2/t5-/m1/s1. The molecule has 0 unspecified atom stereocenters. The summed E-state index contributed by atoms with van der Waals surface area (Å²) in [7, 11) is 0. The van der Waals surface area contributed by atoms with Gasteiger partial charge in [-0.25, -0.2) is 0 Å². The van der Waals surface area contributed by atoms with Crippen LogP contribution >= 0.6 is 22.9 Å². The summed E-state index contributed by atoms with van der Waals surface area (Å²) in [6, 6.07) is 1.49. The van der Waals surface area contributed by atoms with E-state index >= 15 is 0 Å². The Morgan fingerprint density at radius 3 is 2.90 bits per heavy atom. The Balaban J connectivity index is 2.74. The van der Waals surface area contributed by atoms with Crippen LogP contribution in [0.1, 0.15) is 10.9 Å². The van der Waals surface area contributed by atoms with Crippen LogP contribution in [0.2, 0.25) is 5.02 Å². The van der Waals surface area contributed by atoms with Gasteiger partial charge in [-0.1, -0.05) is 11.6 Å². The average molecular weight is 178 g/mol. The number of aliphatic hydroxyl groups is 1. The molecule has 0 saturated carbocycles. The van der Waals surface area contributed by atoms with Gasteiger partial charge < -0.3 is 10.8 Å². The van der Waals surface area contributed by atoms with Crippen molar-refractivity contribution in [1.82, 2.24) is 0 Å². The normalized spacial score (nSPS) is 13.5. The number of halogens is 1. The highest BCUT2D eigenvalue weighted by Gasteiger charge is 2.05. The van der Waals surface area contributed by atoms with Gasteiger partial charge in [0.05, 0.1) is 17.7 Å². The minimum atomic E-state index is -0.280. The molecule has 56 valence electrons. The second-order valence-corrected chi connectivity index (χ2v) is 3.34. The molecule has 1 aromatic heterocycles. The number of nitrogens with two attached hydrogens (primary N) is 1. The number of hydrogen-bond acceptors (Lipinski definition) is 3. The molecule has 1 atom stereocenters. The van der Waals surface area contributed by atoms with Crippen LogP contribution in [-0.2, 0) is 0 Å². The van der Waals surface area contributed by atoms with Crippen molar-refractivity contribution in [2.24, 2.45) is 5.73 Å². The first kappa shape index (κ1) is 8.01. The SMILES string of the molecule is N[C@H](CO)c1cc(Cl)cs1. The molecule has 1 heterocycles. The Hall–Kier alpha value is -0.0900. The minimum Gasteiger partial charge on any atom is -0.394 e. The van der Waals surface area contributed by atoms with Gasteiger partial charge in [0.15, 0.2) is 0 Å². The molecule has 0 saturated heterocycles. The molecule has 0 spiro atoms. The average Bonchev–Trinajstić information content (AvgIpc) is 2.34. The van der Waals surface area contributed by atoms with E-state index < -0.39 is 0 Å². The highest BCUT2D eigenvalue weighted by molar-refractivity contribution is 7.10. The van der Waals surface area contributed by atoms with Crippen molar-refractivity contribution in [1.29, 1.82) is 0 Å². The van der Waals surface area contributed by atoms with Crippen molar-refractivity contribution < 1.29 is 5.11 Å². The fourth-order valence-corrected chi connectivity index (χ4v) is 1.69. The summed E-state index contributed by atoms with van der Waals surface area (Å²) in [6.07, 6.45) is 0. The summed E-state index contributed by atoms with van der Waals surface area (Å²) in [5.74, 6) is 0. The van der Waals surface area contributed by atoms with E-state index in [1.54, 1.807) is 11.4 Å². The third kappa shape index (κ3) is 1.70. The van der Waals surface area contributed by atoms with Gasteiger partial charge in [-0.15, -0.1) is 11.3 Å². The number of hydrogen-bond donors (Lipinski definition) is 2. The largest absolute Gasteiger partial charge is 0.394 e. The van der Waals surface area contributed by atoms with E-state index in [4.69, 9.17) is 22.4 Å². The quantitative estimate of drug-likeness (QED) is 0.718. The molecular weight excluding hydrogens is 170 g/mol. The van der Waals surface area contributed by atoms with E-state index in [0.717, 1.165) is 4.88 Å². The lowest BCUT2D eigenvalue weighted by Gasteiger charge is -2.02. The highest BCUT2D eigenvalue weighted by Crippen LogP contribution is 2.23. The molecule has 0 amide bonds. The minimum absolute atomic E-state index is 0.0309. The van der Waals surface area contributed by atoms with Crippen molar-refractivity contribution in [3.63, 3.8) is 0 Å². The van der Waals surface area contributed by atoms with Crippen molar-refractivity contribution in [2.75, 3.05) is 6.61 Å². The molecule has 0 aromatic carbocycles. The van der Waals surface area contributed by atoms with E-state index in [1.807, 2.05) is 0 Å². The molecular formula is C6H8ClNOS. The van der Waals surface area contributed by atoms with Crippen LogP contribution < -0.4 is 5.73 Å². The van der Waals surface area contributed by atoms with Gasteiger partial charge in [0.2, 0.25) is 0 Å². The fourth-order valence-electron chi connectivity index (χ4n) is 0.613. The summed E-state index contributed by atoms with van der Waals surface area (Å²) < 4.78 is 0. The van der Waals surface area contributed by atoms with Gasteiger partial charge in [-0.3, -0.25) is 0 Å². The Morgan fingerprint density at radius 2 is 2.50 bits per heavy atom. The van der Waals surface area contributed by atoms with Crippen molar-refractivity contribution in [2.45, 2.75) is 6.04 Å². The number of thiophene rings is 1. The number of rotatable bonds is 2. The Bertz CT molecular complexity index is 213. The first-order chi connectivity index (χ1) is 4.74. The lowest BCUT2D eigenvalue weighted by atomic mass is 10.3. The zero-order chi connectivity index (χ0) is 7.56. The molecule has 0 aliphatic rings. The van der Waals surface area contributed by atoms with Crippen LogP contribution in [-0.4, -0.2) is 11.7 Å². The van der Waals surface area contributed by atoms with Gasteiger partial charge in [-0.05, 0) is 6.07 Å². The summed E-state index contributed by atoms with van der Waals surface area (Å²) in [5, 5.41) is 11.1. The Kier molecular flexibility index (Phi) is 2.68. The first-order valence-electron chi connectivity index (χ1n) is 2.84. The van der Waals surface area contributed by atoms with Crippen molar-refractivity contribution in [3.05, 3.63) is 21.3 Å². The zero-order valence-electron chi connectivity index (χ0n) is 5.25. The lowest BCUT2D eigenvalue weighted by Crippen LogP contribution is -2.12. The van der Waals surface area contributed by atoms with Gasteiger partial charge in [0.1, 0.15) is 0 Å². The van der Waals surface area contributed by atoms with E-state index in [0.29, 0.717) is 5.02 Å². The van der Waals surface area contributed by atoms with Crippen molar-refractivity contribution >= 4 is 22.9 Å². The first-order valence-corrected chi connectivity index (χ1v) is 4.10. The number of aliphatic hydroxyl groups excluding tert-OH is 1. The lowest BCUT2D eigenvalue weighted by molar-refractivity contribution is 0.269. The van der Waals surface area contributed by atoms with Crippen LogP contribution in [0.5, 0.6) is 0 Å². The molecule has 10 heavy (non-hydrogen) atoms. The zero-order valence-corrected chi connectivity index (χ0v) is 6.82. The molecule has 0 aliphatic carbocycles. The third-order valence-corrected chi connectivity index (χ3v) is 2.56. The monoisotopic (exact) mass is 177 g/mol. The Morgan fingerprint density at radius 1 is 1.80 bits per heavy atom. The van der Waals surface area contributed by atoms with Crippen LogP contribution in [0.3, 0.4) is 0 Å². The molecule has 0 bridgehead atoms. The van der Waals surface area contributed by atoms with Gasteiger partial charge in [0, 0.05) is 10.3 Å². The second kappa shape index (κ2) is 3.34. The maximum Gasteiger partial charge on any atom is 0.0632 e. The Labute approximate surface area is 68.2 Å². The van der Waals surface area contributed by atoms with Crippen LogP contribution in [0.25, 0.3) is 0 Å². The molecule has 0 radical (unpaired) electrons. The van der Waals surface area contributed by atoms with E-state index in [-0.39, 0.29) is 12.6 Å². The van der Waals surface area contributed by atoms with Crippen LogP contribution in [0.15, 0.2) is 11.4 Å². The van der Waals surface area contributed by atoms with E-state index in [1.165, 1.54) is 11.3 Å². The molecule has 3 N–H and O–H groups in total. The van der Waals surface area contributed by atoms with E-state index in [9.17, 15) is 0 Å². The predicted molar refractivity (Wildman–Crippen MR) is 43.3 cm³/mol. The predicted octanol–water partition coefficient (Wildman–Crippen LogP) is 1.39. The third-order valence-electron chi connectivity index (χ3n) is 1.15. The summed E-state index contributed by atoms with van der Waals surface area (Å²) in [5.41, 5.74) is 5.51. The van der Waals surface area contributed by atoms with Gasteiger partial charge >= 0.3 is 0 Å². The fraction of sp³-hybridized carbons (Fsp3) is 0.333. The van der Waals surface area contributed by atoms with Crippen LogP contribution in [0.4, 0.5) is 0 Å². The van der Waals surface area contributed by atoms with E-state index in [2.05, 4.69) is 0 Å². The summed E-state index contributed by atoms with van der Waals surface area (Å²) in [4.78, 5) is 0.924. The molecule has 1 aromatic rings.